The predicted molar refractivity (Wildman–Crippen MR) is 113 cm³/mol. The third-order valence-corrected chi connectivity index (χ3v) is 5.92. The first kappa shape index (κ1) is 19.2. The van der Waals surface area contributed by atoms with E-state index in [1.54, 1.807) is 11.3 Å². The van der Waals surface area contributed by atoms with Gasteiger partial charge >= 0.3 is 0 Å². The van der Waals surface area contributed by atoms with E-state index in [-0.39, 0.29) is 16.9 Å². The monoisotopic (exact) mass is 369 g/mol. The van der Waals surface area contributed by atoms with Gasteiger partial charge in [0.15, 0.2) is 5.90 Å². The van der Waals surface area contributed by atoms with E-state index in [1.165, 1.54) is 27.1 Å². The number of hydrogen-bond donors (Lipinski definition) is 0. The van der Waals surface area contributed by atoms with Crippen molar-refractivity contribution >= 4 is 17.2 Å². The molecule has 0 radical (unpaired) electrons. The molecule has 1 aromatic carbocycles. The molecule has 1 aliphatic heterocycles. The van der Waals surface area contributed by atoms with Crippen molar-refractivity contribution in [2.24, 2.45) is 4.99 Å². The van der Waals surface area contributed by atoms with Gasteiger partial charge in [0.1, 0.15) is 12.6 Å². The highest BCUT2D eigenvalue weighted by Crippen LogP contribution is 2.37. The van der Waals surface area contributed by atoms with Crippen LogP contribution in [-0.4, -0.2) is 12.5 Å². The van der Waals surface area contributed by atoms with Gasteiger partial charge in [0.05, 0.1) is 6.42 Å². The van der Waals surface area contributed by atoms with Gasteiger partial charge in [0.2, 0.25) is 0 Å². The van der Waals surface area contributed by atoms with Gasteiger partial charge in [-0.2, -0.15) is 0 Å². The molecule has 2 aromatic rings. The van der Waals surface area contributed by atoms with Crippen LogP contribution in [0.3, 0.4) is 0 Å². The summed E-state index contributed by atoms with van der Waals surface area (Å²) in [6.45, 7) is 16.7. The molecule has 0 N–H and O–H groups in total. The van der Waals surface area contributed by atoms with Gasteiger partial charge in [-0.1, -0.05) is 59.7 Å². The molecule has 0 saturated heterocycles. The van der Waals surface area contributed by atoms with E-state index >= 15 is 0 Å². The molecule has 2 heterocycles. The lowest BCUT2D eigenvalue weighted by Gasteiger charge is -2.30. The molecule has 0 unspecified atom stereocenters. The molecule has 3 rings (SSSR count). The quantitative estimate of drug-likeness (QED) is 0.616. The Morgan fingerprint density at radius 2 is 1.69 bits per heavy atom. The van der Waals surface area contributed by atoms with Gasteiger partial charge in [-0.3, -0.25) is 0 Å². The zero-order valence-electron chi connectivity index (χ0n) is 17.1. The van der Waals surface area contributed by atoms with E-state index in [1.807, 2.05) is 0 Å². The van der Waals surface area contributed by atoms with Gasteiger partial charge < -0.3 is 4.74 Å². The van der Waals surface area contributed by atoms with Crippen molar-refractivity contribution in [3.8, 4) is 0 Å². The van der Waals surface area contributed by atoms with E-state index in [9.17, 15) is 0 Å². The lowest BCUT2D eigenvalue weighted by atomic mass is 9.75. The number of thiophene rings is 1. The van der Waals surface area contributed by atoms with Crippen LogP contribution in [0.2, 0.25) is 0 Å². The smallest absolute Gasteiger partial charge is 0.189 e. The highest BCUT2D eigenvalue weighted by molar-refractivity contribution is 7.10. The molecule has 26 heavy (non-hydrogen) atoms. The van der Waals surface area contributed by atoms with Crippen LogP contribution >= 0.6 is 11.3 Å². The normalized spacial score (nSPS) is 18.0. The zero-order valence-corrected chi connectivity index (χ0v) is 18.0. The Hall–Kier alpha value is -1.61. The summed E-state index contributed by atoms with van der Waals surface area (Å²) >= 11 is 1.76. The molecule has 2 nitrogen and oxygen atoms in total. The van der Waals surface area contributed by atoms with Gasteiger partial charge in [-0.15, -0.1) is 11.3 Å². The first-order valence-corrected chi connectivity index (χ1v) is 10.3. The Kier molecular flexibility index (Phi) is 5.04. The van der Waals surface area contributed by atoms with Crippen LogP contribution in [0, 0.1) is 6.92 Å². The average Bonchev–Trinajstić information content (AvgIpc) is 3.17. The number of aliphatic imine (C=N–C) groups is 1. The minimum atomic E-state index is 0.104. The highest BCUT2D eigenvalue weighted by Gasteiger charge is 2.28. The Balaban J connectivity index is 1.98. The summed E-state index contributed by atoms with van der Waals surface area (Å²) in [5.74, 6) is 0.868. The van der Waals surface area contributed by atoms with Gasteiger partial charge in [-0.25, -0.2) is 4.99 Å². The second-order valence-electron chi connectivity index (χ2n) is 9.35. The molecule has 3 heteroatoms. The maximum Gasteiger partial charge on any atom is 0.189 e. The molecule has 0 fully saturated rings. The number of benzene rings is 1. The number of ether oxygens (including phenoxy) is 1. The minimum absolute atomic E-state index is 0.104. The van der Waals surface area contributed by atoms with Crippen molar-refractivity contribution in [2.45, 2.75) is 71.8 Å². The van der Waals surface area contributed by atoms with E-state index in [0.29, 0.717) is 6.61 Å². The maximum absolute atomic E-state index is 5.93. The van der Waals surface area contributed by atoms with E-state index < -0.39 is 0 Å². The minimum Gasteiger partial charge on any atom is -0.478 e. The SMILES string of the molecule is Cc1c(C(C)(C)C)cc([C@@H]2COC(Cc3cccs3)=N2)cc1C(C)(C)C. The Labute approximate surface area is 162 Å². The first-order chi connectivity index (χ1) is 12.1. The lowest BCUT2D eigenvalue weighted by Crippen LogP contribution is -2.20. The van der Waals surface area contributed by atoms with Crippen molar-refractivity contribution in [1.82, 2.24) is 0 Å². The molecule has 0 aliphatic carbocycles. The number of rotatable bonds is 3. The third kappa shape index (κ3) is 4.03. The van der Waals surface area contributed by atoms with Gasteiger partial charge in [-0.05, 0) is 51.5 Å². The molecule has 0 amide bonds. The largest absolute Gasteiger partial charge is 0.478 e. The third-order valence-electron chi connectivity index (χ3n) is 5.04. The fourth-order valence-electron chi connectivity index (χ4n) is 3.74. The van der Waals surface area contributed by atoms with Crippen molar-refractivity contribution in [2.75, 3.05) is 6.61 Å². The fourth-order valence-corrected chi connectivity index (χ4v) is 4.44. The van der Waals surface area contributed by atoms with E-state index in [0.717, 1.165) is 12.3 Å². The number of hydrogen-bond acceptors (Lipinski definition) is 3. The highest BCUT2D eigenvalue weighted by atomic mass is 32.1. The maximum atomic E-state index is 5.93. The zero-order chi connectivity index (χ0) is 19.1. The van der Waals surface area contributed by atoms with Crippen LogP contribution in [0.4, 0.5) is 0 Å². The second kappa shape index (κ2) is 6.84. The Morgan fingerprint density at radius 3 is 2.19 bits per heavy atom. The van der Waals surface area contributed by atoms with E-state index in [4.69, 9.17) is 9.73 Å². The van der Waals surface area contributed by atoms with Crippen LogP contribution in [0.15, 0.2) is 34.6 Å². The lowest BCUT2D eigenvalue weighted by molar-refractivity contribution is 0.313. The second-order valence-corrected chi connectivity index (χ2v) is 10.4. The van der Waals surface area contributed by atoms with Crippen LogP contribution in [0.5, 0.6) is 0 Å². The molecule has 0 bridgehead atoms. The Morgan fingerprint density at radius 1 is 1.08 bits per heavy atom. The standard InChI is InChI=1S/C23H31NOS/c1-15-18(22(2,3)4)11-16(12-19(15)23(5,6)7)20-14-25-21(24-20)13-17-9-8-10-26-17/h8-12,20H,13-14H2,1-7H3/t20-/m0/s1. The molecular formula is C23H31NOS. The predicted octanol–water partition coefficient (Wildman–Crippen LogP) is 6.36. The summed E-state index contributed by atoms with van der Waals surface area (Å²) in [6, 6.07) is 9.04. The van der Waals surface area contributed by atoms with Crippen molar-refractivity contribution in [3.63, 3.8) is 0 Å². The Bertz CT molecular complexity index is 769. The molecule has 1 aliphatic rings. The topological polar surface area (TPSA) is 21.6 Å². The van der Waals surface area contributed by atoms with Crippen LogP contribution in [-0.2, 0) is 22.0 Å². The summed E-state index contributed by atoms with van der Waals surface area (Å²) in [4.78, 5) is 6.21. The molecule has 140 valence electrons. The summed E-state index contributed by atoms with van der Waals surface area (Å²) < 4.78 is 5.93. The summed E-state index contributed by atoms with van der Waals surface area (Å²) in [6.07, 6.45) is 0.804. The van der Waals surface area contributed by atoms with Crippen molar-refractivity contribution < 1.29 is 4.74 Å². The van der Waals surface area contributed by atoms with E-state index in [2.05, 4.69) is 78.1 Å². The summed E-state index contributed by atoms with van der Waals surface area (Å²) in [5.41, 5.74) is 5.76. The molecule has 0 spiro atoms. The molecule has 1 aromatic heterocycles. The van der Waals surface area contributed by atoms with Gasteiger partial charge in [0.25, 0.3) is 0 Å². The van der Waals surface area contributed by atoms with Crippen LogP contribution < -0.4 is 0 Å². The average molecular weight is 370 g/mol. The summed E-state index contributed by atoms with van der Waals surface area (Å²) in [7, 11) is 0. The van der Waals surface area contributed by atoms with Gasteiger partial charge in [0, 0.05) is 4.88 Å². The van der Waals surface area contributed by atoms with Crippen LogP contribution in [0.1, 0.15) is 74.7 Å². The molecule has 0 saturated carbocycles. The van der Waals surface area contributed by atoms with Crippen molar-refractivity contribution in [1.29, 1.82) is 0 Å². The fraction of sp³-hybridized carbons (Fsp3) is 0.522. The van der Waals surface area contributed by atoms with Crippen LogP contribution in [0.25, 0.3) is 0 Å². The molecular weight excluding hydrogens is 338 g/mol. The first-order valence-electron chi connectivity index (χ1n) is 9.43. The summed E-state index contributed by atoms with van der Waals surface area (Å²) in [5, 5.41) is 2.10. The van der Waals surface area contributed by atoms with Crippen molar-refractivity contribution in [3.05, 3.63) is 56.8 Å². The number of nitrogens with zero attached hydrogens (tertiary/aromatic N) is 1. The molecule has 1 atom stereocenters.